The summed E-state index contributed by atoms with van der Waals surface area (Å²) in [6, 6.07) is 5.67. The largest absolute Gasteiger partial charge is 0.472 e. The summed E-state index contributed by atoms with van der Waals surface area (Å²) in [6.45, 7) is 0. The Morgan fingerprint density at radius 1 is 1.27 bits per heavy atom. The van der Waals surface area contributed by atoms with Crippen LogP contribution in [0.3, 0.4) is 0 Å². The predicted octanol–water partition coefficient (Wildman–Crippen LogP) is 3.79. The van der Waals surface area contributed by atoms with E-state index in [1.165, 1.54) is 33.3 Å². The Kier molecular flexibility index (Phi) is 1.97. The zero-order valence-corrected chi connectivity index (χ0v) is 9.23. The van der Waals surface area contributed by atoms with Gasteiger partial charge >= 0.3 is 0 Å². The molecule has 3 aromatic rings. The second kappa shape index (κ2) is 3.32. The fraction of sp³-hybridized carbons (Fsp3) is 0. The molecule has 0 atom stereocenters. The summed E-state index contributed by atoms with van der Waals surface area (Å²) in [5.41, 5.74) is 0.615. The number of rotatable bonds is 2. The van der Waals surface area contributed by atoms with Crippen LogP contribution in [0, 0.1) is 0 Å². The van der Waals surface area contributed by atoms with Crippen molar-refractivity contribution in [1.82, 2.24) is 0 Å². The molecule has 0 saturated carbocycles. The van der Waals surface area contributed by atoms with Crippen molar-refractivity contribution in [3.8, 4) is 0 Å². The molecule has 0 aromatic carbocycles. The van der Waals surface area contributed by atoms with Crippen molar-refractivity contribution in [2.75, 3.05) is 0 Å². The zero-order chi connectivity index (χ0) is 10.3. The summed E-state index contributed by atoms with van der Waals surface area (Å²) < 4.78 is 7.25. The van der Waals surface area contributed by atoms with Crippen molar-refractivity contribution >= 4 is 37.9 Å². The van der Waals surface area contributed by atoms with Gasteiger partial charge in [0.25, 0.3) is 0 Å². The lowest BCUT2D eigenvalue weighted by Crippen LogP contribution is -1.95. The second-order valence-electron chi connectivity index (χ2n) is 3.10. The monoisotopic (exact) mass is 234 g/mol. The number of carbonyl (C=O) groups excluding carboxylic acids is 1. The minimum atomic E-state index is 0.0390. The molecule has 0 amide bonds. The van der Waals surface area contributed by atoms with E-state index in [9.17, 15) is 4.79 Å². The van der Waals surface area contributed by atoms with Crippen LogP contribution >= 0.6 is 22.7 Å². The van der Waals surface area contributed by atoms with Crippen LogP contribution in [0.25, 0.3) is 9.40 Å². The first-order chi connectivity index (χ1) is 7.34. The second-order valence-corrected chi connectivity index (χ2v) is 5.13. The lowest BCUT2D eigenvalue weighted by molar-refractivity contribution is 0.104. The van der Waals surface area contributed by atoms with E-state index in [2.05, 4.69) is 0 Å². The highest BCUT2D eigenvalue weighted by Gasteiger charge is 2.13. The lowest BCUT2D eigenvalue weighted by Gasteiger charge is -1.89. The van der Waals surface area contributed by atoms with Gasteiger partial charge in [0, 0.05) is 9.40 Å². The molecule has 0 spiro atoms. The number of hydrogen-bond acceptors (Lipinski definition) is 4. The van der Waals surface area contributed by atoms with Crippen molar-refractivity contribution in [3.63, 3.8) is 0 Å². The molecule has 3 heterocycles. The Hall–Kier alpha value is -1.39. The first kappa shape index (κ1) is 8.88. The van der Waals surface area contributed by atoms with Gasteiger partial charge in [-0.3, -0.25) is 4.79 Å². The van der Waals surface area contributed by atoms with E-state index < -0.39 is 0 Å². The summed E-state index contributed by atoms with van der Waals surface area (Å²) in [6.07, 6.45) is 3.00. The third-order valence-corrected chi connectivity index (χ3v) is 4.24. The lowest BCUT2D eigenvalue weighted by atomic mass is 10.2. The van der Waals surface area contributed by atoms with E-state index in [4.69, 9.17) is 4.42 Å². The summed E-state index contributed by atoms with van der Waals surface area (Å²) in [5.74, 6) is 0.0390. The molecule has 0 aliphatic rings. The maximum atomic E-state index is 11.9. The Balaban J connectivity index is 2.07. The number of thiophene rings is 2. The molecule has 0 aliphatic carbocycles. The van der Waals surface area contributed by atoms with E-state index in [-0.39, 0.29) is 5.78 Å². The van der Waals surface area contributed by atoms with E-state index in [1.54, 1.807) is 17.4 Å². The molecule has 0 N–H and O–H groups in total. The van der Waals surface area contributed by atoms with Gasteiger partial charge in [-0.1, -0.05) is 0 Å². The third kappa shape index (κ3) is 1.42. The maximum Gasteiger partial charge on any atom is 0.206 e. The molecule has 2 nitrogen and oxygen atoms in total. The molecular weight excluding hydrogens is 228 g/mol. The molecule has 0 unspecified atom stereocenters. The molecule has 3 aromatic heterocycles. The van der Waals surface area contributed by atoms with Gasteiger partial charge in [0.15, 0.2) is 0 Å². The van der Waals surface area contributed by atoms with Gasteiger partial charge in [0.05, 0.1) is 16.7 Å². The van der Waals surface area contributed by atoms with Crippen molar-refractivity contribution < 1.29 is 9.21 Å². The predicted molar refractivity (Wildman–Crippen MR) is 61.8 cm³/mol. The van der Waals surface area contributed by atoms with Crippen LogP contribution in [-0.4, -0.2) is 5.78 Å². The van der Waals surface area contributed by atoms with Crippen molar-refractivity contribution in [1.29, 1.82) is 0 Å². The molecule has 0 fully saturated rings. The Morgan fingerprint density at radius 2 is 2.20 bits per heavy atom. The summed E-state index contributed by atoms with van der Waals surface area (Å²) in [4.78, 5) is 12.7. The Labute approximate surface area is 93.8 Å². The molecular formula is C11H6O2S2. The normalized spacial score (nSPS) is 10.9. The molecule has 74 valence electrons. The molecule has 0 bridgehead atoms. The van der Waals surface area contributed by atoms with Gasteiger partial charge in [-0.25, -0.2) is 0 Å². The minimum absolute atomic E-state index is 0.0390. The smallest absolute Gasteiger partial charge is 0.206 e. The molecule has 4 heteroatoms. The van der Waals surface area contributed by atoms with Crippen molar-refractivity contribution in [3.05, 3.63) is 46.5 Å². The van der Waals surface area contributed by atoms with E-state index in [1.807, 2.05) is 17.5 Å². The maximum absolute atomic E-state index is 11.9. The number of carbonyl (C=O) groups is 1. The van der Waals surface area contributed by atoms with Crippen LogP contribution in [0.1, 0.15) is 15.2 Å². The van der Waals surface area contributed by atoms with Gasteiger partial charge in [-0.15, -0.1) is 22.7 Å². The van der Waals surface area contributed by atoms with E-state index in [0.717, 1.165) is 4.88 Å². The zero-order valence-electron chi connectivity index (χ0n) is 7.60. The summed E-state index contributed by atoms with van der Waals surface area (Å²) in [7, 11) is 0. The van der Waals surface area contributed by atoms with Crippen LogP contribution in [0.2, 0.25) is 0 Å². The van der Waals surface area contributed by atoms with Crippen molar-refractivity contribution in [2.45, 2.75) is 0 Å². The van der Waals surface area contributed by atoms with Gasteiger partial charge in [0.1, 0.15) is 6.26 Å². The SMILES string of the molecule is O=C(c1ccoc1)c1cc2sccc2s1. The highest BCUT2D eigenvalue weighted by molar-refractivity contribution is 7.28. The van der Waals surface area contributed by atoms with Crippen LogP contribution in [-0.2, 0) is 0 Å². The molecule has 0 saturated heterocycles. The topological polar surface area (TPSA) is 30.2 Å². The number of fused-ring (bicyclic) bond motifs is 1. The summed E-state index contributed by atoms with van der Waals surface area (Å²) in [5, 5.41) is 2.03. The van der Waals surface area contributed by atoms with Crippen molar-refractivity contribution in [2.24, 2.45) is 0 Å². The van der Waals surface area contributed by atoms with Crippen LogP contribution in [0.5, 0.6) is 0 Å². The van der Waals surface area contributed by atoms with E-state index >= 15 is 0 Å². The van der Waals surface area contributed by atoms with Gasteiger partial charge in [-0.05, 0) is 23.6 Å². The number of hydrogen-bond donors (Lipinski definition) is 0. The Bertz CT molecular complexity index is 573. The molecule has 3 rings (SSSR count). The highest BCUT2D eigenvalue weighted by Crippen LogP contribution is 2.31. The molecule has 0 radical (unpaired) electrons. The first-order valence-corrected chi connectivity index (χ1v) is 6.08. The molecule has 15 heavy (non-hydrogen) atoms. The average molecular weight is 234 g/mol. The fourth-order valence-corrected chi connectivity index (χ4v) is 3.48. The van der Waals surface area contributed by atoms with Gasteiger partial charge < -0.3 is 4.42 Å². The van der Waals surface area contributed by atoms with Crippen LogP contribution in [0.4, 0.5) is 0 Å². The van der Waals surface area contributed by atoms with E-state index in [0.29, 0.717) is 5.56 Å². The first-order valence-electron chi connectivity index (χ1n) is 4.38. The fourth-order valence-electron chi connectivity index (χ4n) is 1.41. The quantitative estimate of drug-likeness (QED) is 0.631. The molecule has 0 aliphatic heterocycles. The standard InChI is InChI=1S/C11H6O2S2/c12-11(7-1-3-13-6-7)10-5-9-8(15-10)2-4-14-9/h1-6H. The minimum Gasteiger partial charge on any atom is -0.472 e. The van der Waals surface area contributed by atoms with Crippen LogP contribution < -0.4 is 0 Å². The number of ketones is 1. The Morgan fingerprint density at radius 3 is 2.93 bits per heavy atom. The summed E-state index contributed by atoms with van der Waals surface area (Å²) >= 11 is 3.19. The average Bonchev–Trinajstić information content (AvgIpc) is 2.92. The van der Waals surface area contributed by atoms with Crippen LogP contribution in [0.15, 0.2) is 40.5 Å². The van der Waals surface area contributed by atoms with Gasteiger partial charge in [-0.2, -0.15) is 0 Å². The number of furan rings is 1. The third-order valence-electron chi connectivity index (χ3n) is 2.15. The highest BCUT2D eigenvalue weighted by atomic mass is 32.1. The van der Waals surface area contributed by atoms with Gasteiger partial charge in [0.2, 0.25) is 5.78 Å².